The Balaban J connectivity index is 1.65. The fraction of sp³-hybridized carbons (Fsp3) is 0.235. The smallest absolute Gasteiger partial charge is 0.257 e. The molecule has 2 aromatic heterocycles. The second-order valence-corrected chi connectivity index (χ2v) is 6.63. The monoisotopic (exact) mass is 370 g/mol. The number of methoxy groups -OCH3 is 1. The molecule has 8 nitrogen and oxygen atoms in total. The molecule has 0 atom stereocenters. The van der Waals surface area contributed by atoms with Gasteiger partial charge in [0.05, 0.1) is 0 Å². The van der Waals surface area contributed by atoms with E-state index in [2.05, 4.69) is 30.8 Å². The van der Waals surface area contributed by atoms with E-state index in [9.17, 15) is 4.79 Å². The van der Waals surface area contributed by atoms with Gasteiger partial charge < -0.3 is 10.1 Å². The Morgan fingerprint density at radius 1 is 1.12 bits per heavy atom. The number of nitrogens with zero attached hydrogens (tertiary/aromatic N) is 4. The summed E-state index contributed by atoms with van der Waals surface area (Å²) in [4.78, 5) is 21.0. The maximum absolute atomic E-state index is 12.3. The molecule has 134 valence electrons. The molecule has 0 radical (unpaired) electrons. The first-order valence-electron chi connectivity index (χ1n) is 7.85. The van der Waals surface area contributed by atoms with Crippen LogP contribution in [0.5, 0.6) is 0 Å². The minimum Gasteiger partial charge on any atom is -0.377 e. The van der Waals surface area contributed by atoms with Crippen molar-refractivity contribution >= 4 is 34.0 Å². The topological polar surface area (TPSA) is 102 Å². The summed E-state index contributed by atoms with van der Waals surface area (Å²) >= 11 is 1.28. The molecule has 1 amide bonds. The lowest BCUT2D eigenvalue weighted by atomic mass is 10.2. The third-order valence-electron chi connectivity index (χ3n) is 3.34. The number of rotatable bonds is 6. The number of carbonyl (C=O) groups excluding carboxylic acids is 1. The number of aromatic nitrogens is 4. The molecule has 0 aliphatic heterocycles. The number of aryl methyl sites for hydroxylation is 2. The van der Waals surface area contributed by atoms with Crippen molar-refractivity contribution in [2.45, 2.75) is 20.5 Å². The van der Waals surface area contributed by atoms with Gasteiger partial charge >= 0.3 is 0 Å². The lowest BCUT2D eigenvalue weighted by Gasteiger charge is -2.07. The molecule has 0 spiro atoms. The van der Waals surface area contributed by atoms with Gasteiger partial charge in [0.2, 0.25) is 11.1 Å². The van der Waals surface area contributed by atoms with Crippen molar-refractivity contribution in [1.82, 2.24) is 20.2 Å². The zero-order valence-electron chi connectivity index (χ0n) is 14.6. The maximum atomic E-state index is 12.3. The van der Waals surface area contributed by atoms with Crippen LogP contribution in [-0.4, -0.2) is 33.2 Å². The number of ether oxygens (including phenoxy) is 1. The van der Waals surface area contributed by atoms with Gasteiger partial charge in [-0.1, -0.05) is 11.3 Å². The standard InChI is InChI=1S/C17H18N6O2S/c1-10-8-11(2)19-16(18-10)20-13-6-4-12(5-7-13)15(24)21-17-23-22-14(26-17)9-25-3/h4-8H,9H2,1-3H3,(H,18,19,20)(H,21,23,24). The van der Waals surface area contributed by atoms with Gasteiger partial charge in [-0.3, -0.25) is 10.1 Å². The Bertz CT molecular complexity index is 890. The molecule has 3 aromatic rings. The third-order valence-corrected chi connectivity index (χ3v) is 4.15. The molecule has 0 bridgehead atoms. The van der Waals surface area contributed by atoms with E-state index in [1.165, 1.54) is 11.3 Å². The van der Waals surface area contributed by atoms with E-state index in [0.717, 1.165) is 17.1 Å². The van der Waals surface area contributed by atoms with E-state index in [4.69, 9.17) is 4.74 Å². The van der Waals surface area contributed by atoms with Crippen LogP contribution in [0.2, 0.25) is 0 Å². The van der Waals surface area contributed by atoms with Crippen LogP contribution in [0.1, 0.15) is 26.8 Å². The minimum absolute atomic E-state index is 0.251. The van der Waals surface area contributed by atoms with Gasteiger partial charge in [-0.15, -0.1) is 10.2 Å². The number of amides is 1. The molecule has 9 heteroatoms. The third kappa shape index (κ3) is 4.58. The molecule has 0 unspecified atom stereocenters. The molecule has 2 N–H and O–H groups in total. The Labute approximate surface area is 154 Å². The predicted octanol–water partition coefficient (Wildman–Crippen LogP) is 3.09. The molecular weight excluding hydrogens is 352 g/mol. The molecule has 0 saturated carbocycles. The van der Waals surface area contributed by atoms with Gasteiger partial charge in [-0.25, -0.2) is 9.97 Å². The molecular formula is C17H18N6O2S. The lowest BCUT2D eigenvalue weighted by Crippen LogP contribution is -2.11. The normalized spacial score (nSPS) is 10.6. The first-order valence-corrected chi connectivity index (χ1v) is 8.67. The fourth-order valence-corrected chi connectivity index (χ4v) is 2.98. The summed E-state index contributed by atoms with van der Waals surface area (Å²) in [5.74, 6) is 0.276. The van der Waals surface area contributed by atoms with Crippen molar-refractivity contribution in [3.63, 3.8) is 0 Å². The average molecular weight is 370 g/mol. The maximum Gasteiger partial charge on any atom is 0.257 e. The van der Waals surface area contributed by atoms with E-state index >= 15 is 0 Å². The van der Waals surface area contributed by atoms with Crippen molar-refractivity contribution in [3.05, 3.63) is 52.3 Å². The Hall–Kier alpha value is -2.91. The summed E-state index contributed by atoms with van der Waals surface area (Å²) in [5.41, 5.74) is 3.09. The van der Waals surface area contributed by atoms with Crippen molar-refractivity contribution in [3.8, 4) is 0 Å². The quantitative estimate of drug-likeness (QED) is 0.687. The van der Waals surface area contributed by atoms with E-state index in [1.54, 1.807) is 31.4 Å². The van der Waals surface area contributed by atoms with Crippen LogP contribution in [0.4, 0.5) is 16.8 Å². The highest BCUT2D eigenvalue weighted by Gasteiger charge is 2.10. The molecule has 2 heterocycles. The van der Waals surface area contributed by atoms with Crippen LogP contribution in [0.15, 0.2) is 30.3 Å². The van der Waals surface area contributed by atoms with Gasteiger partial charge in [0.25, 0.3) is 5.91 Å². The van der Waals surface area contributed by atoms with E-state index in [1.807, 2.05) is 19.9 Å². The summed E-state index contributed by atoms with van der Waals surface area (Å²) in [6, 6.07) is 8.94. The molecule has 0 aliphatic rings. The fourth-order valence-electron chi connectivity index (χ4n) is 2.27. The van der Waals surface area contributed by atoms with Crippen molar-refractivity contribution in [2.75, 3.05) is 17.7 Å². The number of hydrogen-bond donors (Lipinski definition) is 2. The van der Waals surface area contributed by atoms with Crippen LogP contribution < -0.4 is 10.6 Å². The molecule has 26 heavy (non-hydrogen) atoms. The second-order valence-electron chi connectivity index (χ2n) is 5.56. The van der Waals surface area contributed by atoms with Crippen molar-refractivity contribution in [1.29, 1.82) is 0 Å². The molecule has 0 fully saturated rings. The highest BCUT2D eigenvalue weighted by molar-refractivity contribution is 7.15. The number of nitrogens with one attached hydrogen (secondary N) is 2. The number of hydrogen-bond acceptors (Lipinski definition) is 8. The van der Waals surface area contributed by atoms with Crippen molar-refractivity contribution < 1.29 is 9.53 Å². The summed E-state index contributed by atoms with van der Waals surface area (Å²) < 4.78 is 4.99. The van der Waals surface area contributed by atoms with Crippen LogP contribution in [-0.2, 0) is 11.3 Å². The zero-order chi connectivity index (χ0) is 18.5. The Morgan fingerprint density at radius 2 is 1.81 bits per heavy atom. The molecule has 1 aromatic carbocycles. The first kappa shape index (κ1) is 17.9. The van der Waals surface area contributed by atoms with Gasteiger partial charge in [0.15, 0.2) is 0 Å². The number of anilines is 3. The Kier molecular flexibility index (Phi) is 5.49. The summed E-state index contributed by atoms with van der Waals surface area (Å²) in [6.07, 6.45) is 0. The minimum atomic E-state index is -0.251. The summed E-state index contributed by atoms with van der Waals surface area (Å²) in [6.45, 7) is 4.20. The van der Waals surface area contributed by atoms with Crippen LogP contribution in [0.25, 0.3) is 0 Å². The number of carbonyl (C=O) groups is 1. The van der Waals surface area contributed by atoms with E-state index in [-0.39, 0.29) is 5.91 Å². The van der Waals surface area contributed by atoms with Crippen molar-refractivity contribution in [2.24, 2.45) is 0 Å². The molecule has 0 aliphatic carbocycles. The first-order chi connectivity index (χ1) is 12.5. The highest BCUT2D eigenvalue weighted by Crippen LogP contribution is 2.18. The predicted molar refractivity (Wildman–Crippen MR) is 99.8 cm³/mol. The van der Waals surface area contributed by atoms with Gasteiger partial charge in [0, 0.05) is 29.7 Å². The lowest BCUT2D eigenvalue weighted by molar-refractivity contribution is 0.102. The van der Waals surface area contributed by atoms with Crippen LogP contribution in [0, 0.1) is 13.8 Å². The molecule has 3 rings (SSSR count). The average Bonchev–Trinajstić information content (AvgIpc) is 3.02. The van der Waals surface area contributed by atoms with E-state index in [0.29, 0.717) is 28.3 Å². The Morgan fingerprint density at radius 3 is 2.46 bits per heavy atom. The van der Waals surface area contributed by atoms with E-state index < -0.39 is 0 Å². The van der Waals surface area contributed by atoms with Crippen LogP contribution in [0.3, 0.4) is 0 Å². The van der Waals surface area contributed by atoms with Gasteiger partial charge in [-0.05, 0) is 44.2 Å². The van der Waals surface area contributed by atoms with Gasteiger partial charge in [0.1, 0.15) is 11.6 Å². The summed E-state index contributed by atoms with van der Waals surface area (Å²) in [7, 11) is 1.58. The summed E-state index contributed by atoms with van der Waals surface area (Å²) in [5, 5.41) is 14.8. The largest absolute Gasteiger partial charge is 0.377 e. The SMILES string of the molecule is COCc1nnc(NC(=O)c2ccc(Nc3nc(C)cc(C)n3)cc2)s1. The molecule has 0 saturated heterocycles. The highest BCUT2D eigenvalue weighted by atomic mass is 32.1. The van der Waals surface area contributed by atoms with Crippen LogP contribution >= 0.6 is 11.3 Å². The number of benzene rings is 1. The zero-order valence-corrected chi connectivity index (χ0v) is 15.4. The van der Waals surface area contributed by atoms with Gasteiger partial charge in [-0.2, -0.15) is 0 Å². The second kappa shape index (κ2) is 7.98.